The number of benzene rings is 2. The maximum Gasteiger partial charge on any atom is 0.250 e. The van der Waals surface area contributed by atoms with Crippen LogP contribution in [-0.2, 0) is 4.79 Å². The molecular weight excluding hydrogens is 284 g/mol. The van der Waals surface area contributed by atoms with Crippen molar-refractivity contribution in [2.45, 2.75) is 11.8 Å². The molecule has 0 fully saturated rings. The van der Waals surface area contributed by atoms with E-state index in [4.69, 9.17) is 5.11 Å². The first-order valence-corrected chi connectivity index (χ1v) is 7.42. The van der Waals surface area contributed by atoms with Gasteiger partial charge in [0.25, 0.3) is 0 Å². The van der Waals surface area contributed by atoms with E-state index in [1.54, 1.807) is 24.3 Å². The number of carbonyl (C=O) groups is 1. The number of phenols is 1. The van der Waals surface area contributed by atoms with Crippen molar-refractivity contribution in [1.29, 1.82) is 0 Å². The molecule has 0 radical (unpaired) electrons. The minimum absolute atomic E-state index is 0.157. The van der Waals surface area contributed by atoms with Crippen LogP contribution in [0.15, 0.2) is 58.5 Å². The van der Waals surface area contributed by atoms with Crippen LogP contribution in [0.5, 0.6) is 5.75 Å². The van der Waals surface area contributed by atoms with E-state index in [0.29, 0.717) is 5.75 Å². The summed E-state index contributed by atoms with van der Waals surface area (Å²) < 4.78 is 0. The van der Waals surface area contributed by atoms with Crippen molar-refractivity contribution < 1.29 is 9.90 Å². The predicted octanol–water partition coefficient (Wildman–Crippen LogP) is 2.94. The van der Waals surface area contributed by atoms with Crippen LogP contribution >= 0.6 is 11.8 Å². The van der Waals surface area contributed by atoms with Gasteiger partial charge in [-0.25, -0.2) is 5.43 Å². The molecule has 0 atom stereocenters. The second-order valence-corrected chi connectivity index (χ2v) is 5.54. The molecule has 0 saturated carbocycles. The zero-order valence-corrected chi connectivity index (χ0v) is 12.4. The molecule has 0 aliphatic carbocycles. The van der Waals surface area contributed by atoms with Crippen LogP contribution in [0.3, 0.4) is 0 Å². The molecule has 0 unspecified atom stereocenters. The van der Waals surface area contributed by atoms with Crippen molar-refractivity contribution in [1.82, 2.24) is 5.43 Å². The zero-order chi connectivity index (χ0) is 15.1. The third-order valence-electron chi connectivity index (χ3n) is 2.69. The lowest BCUT2D eigenvalue weighted by molar-refractivity contribution is -0.118. The number of hydrogen-bond donors (Lipinski definition) is 2. The van der Waals surface area contributed by atoms with Crippen LogP contribution in [0.1, 0.15) is 11.1 Å². The van der Waals surface area contributed by atoms with Gasteiger partial charge >= 0.3 is 0 Å². The molecule has 5 heteroatoms. The number of hydrogen-bond acceptors (Lipinski definition) is 4. The van der Waals surface area contributed by atoms with E-state index in [2.05, 4.69) is 10.5 Å². The van der Waals surface area contributed by atoms with Gasteiger partial charge in [0.1, 0.15) is 5.75 Å². The summed E-state index contributed by atoms with van der Waals surface area (Å²) in [6.07, 6.45) is 1.54. The quantitative estimate of drug-likeness (QED) is 0.507. The fraction of sp³-hybridized carbons (Fsp3) is 0.125. The molecule has 2 aromatic rings. The number of phenolic OH excluding ortho intramolecular Hbond substituents is 1. The fourth-order valence-electron chi connectivity index (χ4n) is 1.55. The largest absolute Gasteiger partial charge is 0.508 e. The molecule has 1 amide bonds. The summed E-state index contributed by atoms with van der Waals surface area (Å²) in [6.45, 7) is 2.03. The molecule has 0 bridgehead atoms. The summed E-state index contributed by atoms with van der Waals surface area (Å²) in [5, 5.41) is 13.0. The molecule has 0 heterocycles. The van der Waals surface area contributed by atoms with Gasteiger partial charge in [-0.3, -0.25) is 4.79 Å². The third-order valence-corrected chi connectivity index (χ3v) is 3.70. The number of nitrogens with one attached hydrogen (secondary N) is 1. The van der Waals surface area contributed by atoms with Gasteiger partial charge in [0.2, 0.25) is 5.91 Å². The molecule has 0 aromatic heterocycles. The number of hydrazone groups is 1. The Kier molecular flexibility index (Phi) is 5.40. The minimum Gasteiger partial charge on any atom is -0.508 e. The summed E-state index contributed by atoms with van der Waals surface area (Å²) in [5.74, 6) is 0.358. The van der Waals surface area contributed by atoms with Crippen molar-refractivity contribution in [3.05, 3.63) is 59.7 Å². The predicted molar refractivity (Wildman–Crippen MR) is 85.7 cm³/mol. The van der Waals surface area contributed by atoms with Crippen LogP contribution in [0.4, 0.5) is 0 Å². The second-order valence-electron chi connectivity index (χ2n) is 4.49. The highest BCUT2D eigenvalue weighted by Gasteiger charge is 2.01. The summed E-state index contributed by atoms with van der Waals surface area (Å²) in [7, 11) is 0. The van der Waals surface area contributed by atoms with Crippen molar-refractivity contribution in [3.8, 4) is 5.75 Å². The van der Waals surface area contributed by atoms with Crippen LogP contribution in [0.2, 0.25) is 0 Å². The number of aromatic hydroxyl groups is 1. The highest BCUT2D eigenvalue weighted by molar-refractivity contribution is 8.00. The lowest BCUT2D eigenvalue weighted by atomic mass is 10.2. The number of carbonyl (C=O) groups excluding carboxylic acids is 1. The van der Waals surface area contributed by atoms with E-state index in [9.17, 15) is 4.79 Å². The Morgan fingerprint density at radius 1 is 1.19 bits per heavy atom. The highest BCUT2D eigenvalue weighted by atomic mass is 32.2. The lowest BCUT2D eigenvalue weighted by Gasteiger charge is -2.01. The molecule has 0 saturated heterocycles. The Bertz CT molecular complexity index is 622. The fourth-order valence-corrected chi connectivity index (χ4v) is 2.25. The average molecular weight is 300 g/mol. The summed E-state index contributed by atoms with van der Waals surface area (Å²) >= 11 is 1.47. The van der Waals surface area contributed by atoms with Gasteiger partial charge in [0.05, 0.1) is 12.0 Å². The first-order chi connectivity index (χ1) is 10.1. The van der Waals surface area contributed by atoms with Crippen LogP contribution in [-0.4, -0.2) is 23.0 Å². The maximum atomic E-state index is 11.6. The normalized spacial score (nSPS) is 10.7. The molecular formula is C16H16N2O2S. The number of amides is 1. The number of aryl methyl sites for hydroxylation is 1. The van der Waals surface area contributed by atoms with Crippen molar-refractivity contribution in [2.75, 3.05) is 5.75 Å². The Morgan fingerprint density at radius 2 is 1.86 bits per heavy atom. The van der Waals surface area contributed by atoms with Crippen molar-refractivity contribution in [3.63, 3.8) is 0 Å². The zero-order valence-electron chi connectivity index (χ0n) is 11.6. The second kappa shape index (κ2) is 7.50. The molecule has 0 aliphatic heterocycles. The van der Waals surface area contributed by atoms with Gasteiger partial charge < -0.3 is 5.11 Å². The van der Waals surface area contributed by atoms with E-state index in [0.717, 1.165) is 10.5 Å². The lowest BCUT2D eigenvalue weighted by Crippen LogP contribution is -2.19. The van der Waals surface area contributed by atoms with Gasteiger partial charge in [-0.2, -0.15) is 5.10 Å². The first-order valence-electron chi connectivity index (χ1n) is 6.44. The summed E-state index contributed by atoms with van der Waals surface area (Å²) in [4.78, 5) is 12.7. The molecule has 21 heavy (non-hydrogen) atoms. The molecule has 2 aromatic carbocycles. The van der Waals surface area contributed by atoms with E-state index in [1.807, 2.05) is 31.2 Å². The van der Waals surface area contributed by atoms with Crippen LogP contribution in [0, 0.1) is 6.92 Å². The maximum absolute atomic E-state index is 11.6. The molecule has 108 valence electrons. The number of rotatable bonds is 5. The van der Waals surface area contributed by atoms with E-state index >= 15 is 0 Å². The minimum atomic E-state index is -0.157. The average Bonchev–Trinajstić information content (AvgIpc) is 2.49. The molecule has 0 spiro atoms. The first kappa shape index (κ1) is 15.1. The monoisotopic (exact) mass is 300 g/mol. The molecule has 2 N–H and O–H groups in total. The molecule has 4 nitrogen and oxygen atoms in total. The summed E-state index contributed by atoms with van der Waals surface area (Å²) in [6, 6.07) is 14.6. The van der Waals surface area contributed by atoms with Crippen LogP contribution < -0.4 is 5.43 Å². The van der Waals surface area contributed by atoms with Gasteiger partial charge in [-0.05, 0) is 48.9 Å². The Labute approximate surface area is 127 Å². The van der Waals surface area contributed by atoms with Crippen molar-refractivity contribution in [2.24, 2.45) is 5.10 Å². The SMILES string of the molecule is Cc1ccc(SCC(=O)N/N=C/c2ccc(O)cc2)cc1. The van der Waals surface area contributed by atoms with Gasteiger partial charge in [-0.15, -0.1) is 11.8 Å². The molecule has 2 rings (SSSR count). The van der Waals surface area contributed by atoms with Gasteiger partial charge in [0, 0.05) is 4.90 Å². The van der Waals surface area contributed by atoms with E-state index < -0.39 is 0 Å². The highest BCUT2D eigenvalue weighted by Crippen LogP contribution is 2.17. The molecule has 0 aliphatic rings. The van der Waals surface area contributed by atoms with E-state index in [-0.39, 0.29) is 11.7 Å². The van der Waals surface area contributed by atoms with E-state index in [1.165, 1.54) is 23.5 Å². The Hall–Kier alpha value is -2.27. The topological polar surface area (TPSA) is 61.7 Å². The van der Waals surface area contributed by atoms with Crippen molar-refractivity contribution >= 4 is 23.9 Å². The third kappa shape index (κ3) is 5.31. The standard InChI is InChI=1S/C16H16N2O2S/c1-12-2-8-15(9-3-12)21-11-16(20)18-17-10-13-4-6-14(19)7-5-13/h2-10,19H,11H2,1H3,(H,18,20)/b17-10+. The van der Waals surface area contributed by atoms with Gasteiger partial charge in [-0.1, -0.05) is 17.7 Å². The van der Waals surface area contributed by atoms with Crippen LogP contribution in [0.25, 0.3) is 0 Å². The number of thioether (sulfide) groups is 1. The summed E-state index contributed by atoms with van der Waals surface area (Å²) in [5.41, 5.74) is 4.48. The number of nitrogens with zero attached hydrogens (tertiary/aromatic N) is 1. The van der Waals surface area contributed by atoms with Gasteiger partial charge in [0.15, 0.2) is 0 Å². The smallest absolute Gasteiger partial charge is 0.250 e. The Balaban J connectivity index is 1.77. The Morgan fingerprint density at radius 3 is 2.52 bits per heavy atom.